The van der Waals surface area contributed by atoms with E-state index in [0.717, 1.165) is 29.0 Å². The number of hydrogen-bond acceptors (Lipinski definition) is 4. The summed E-state index contributed by atoms with van der Waals surface area (Å²) >= 11 is 0. The summed E-state index contributed by atoms with van der Waals surface area (Å²) in [5.41, 5.74) is 0.686. The number of nitrogens with zero attached hydrogens (tertiary/aromatic N) is 4. The number of amides is 1. The highest BCUT2D eigenvalue weighted by molar-refractivity contribution is 6.06. The third-order valence-corrected chi connectivity index (χ3v) is 4.34. The first kappa shape index (κ1) is 16.0. The molecule has 1 saturated heterocycles. The van der Waals surface area contributed by atoms with Crippen molar-refractivity contribution >= 4 is 28.1 Å². The Morgan fingerprint density at radius 3 is 2.58 bits per heavy atom. The number of pyridine rings is 1. The van der Waals surface area contributed by atoms with Crippen molar-refractivity contribution in [1.29, 1.82) is 5.26 Å². The fourth-order valence-electron chi connectivity index (χ4n) is 3.16. The largest absolute Gasteiger partial charge is 0.328 e. The van der Waals surface area contributed by atoms with Crippen molar-refractivity contribution < 1.29 is 13.6 Å². The molecule has 0 N–H and O–H groups in total. The van der Waals surface area contributed by atoms with Gasteiger partial charge in [-0.3, -0.25) is 14.7 Å². The van der Waals surface area contributed by atoms with E-state index in [-0.39, 0.29) is 12.4 Å². The van der Waals surface area contributed by atoms with Crippen LogP contribution in [0.5, 0.6) is 0 Å². The van der Waals surface area contributed by atoms with Crippen LogP contribution in [-0.2, 0) is 4.79 Å². The Hall–Kier alpha value is -3.53. The quantitative estimate of drug-likeness (QED) is 0.712. The van der Waals surface area contributed by atoms with Crippen molar-refractivity contribution in [2.75, 3.05) is 16.5 Å². The Kier molecular flexibility index (Phi) is 3.73. The first-order chi connectivity index (χ1) is 12.6. The second kappa shape index (κ2) is 6.08. The molecule has 1 atom stereocenters. The van der Waals surface area contributed by atoms with E-state index in [9.17, 15) is 18.8 Å². The number of nitriles is 1. The maximum Gasteiger partial charge on any atom is 0.266 e. The summed E-state index contributed by atoms with van der Waals surface area (Å²) in [7, 11) is 0. The summed E-state index contributed by atoms with van der Waals surface area (Å²) in [5.74, 6) is -2.11. The molecular weight excluding hydrogens is 338 g/mol. The normalized spacial score (nSPS) is 17.0. The van der Waals surface area contributed by atoms with Gasteiger partial charge in [-0.15, -0.1) is 0 Å². The maximum atomic E-state index is 13.5. The van der Waals surface area contributed by atoms with Crippen molar-refractivity contribution in [1.82, 2.24) is 4.98 Å². The molecule has 26 heavy (non-hydrogen) atoms. The fourth-order valence-corrected chi connectivity index (χ4v) is 3.16. The topological polar surface area (TPSA) is 60.2 Å². The van der Waals surface area contributed by atoms with Crippen LogP contribution in [0.3, 0.4) is 0 Å². The number of hydrogen-bond donors (Lipinski definition) is 0. The van der Waals surface area contributed by atoms with Gasteiger partial charge in [0, 0.05) is 23.0 Å². The summed E-state index contributed by atoms with van der Waals surface area (Å²) in [6.45, 7) is -0.00432. The van der Waals surface area contributed by atoms with E-state index in [4.69, 9.17) is 0 Å². The van der Waals surface area contributed by atoms with Crippen LogP contribution in [-0.4, -0.2) is 23.6 Å². The number of benzene rings is 2. The van der Waals surface area contributed by atoms with Gasteiger partial charge in [-0.2, -0.15) is 5.26 Å². The zero-order valence-corrected chi connectivity index (χ0v) is 13.4. The number of fused-ring (bicyclic) bond motifs is 1. The number of carbonyl (C=O) groups excluding carboxylic acids is 1. The molecule has 0 aliphatic carbocycles. The summed E-state index contributed by atoms with van der Waals surface area (Å²) in [6.07, 6.45) is 3.27. The molecule has 1 amide bonds. The number of carbonyl (C=O) groups is 1. The van der Waals surface area contributed by atoms with Crippen LogP contribution in [0.2, 0.25) is 0 Å². The SMILES string of the molecule is N#CC1C(=O)N(c2cc(F)cc(F)c2)CN1c1cncc2ccccc12. The first-order valence-electron chi connectivity index (χ1n) is 7.85. The van der Waals surface area contributed by atoms with E-state index in [1.165, 1.54) is 4.90 Å². The molecule has 1 unspecified atom stereocenters. The predicted molar refractivity (Wildman–Crippen MR) is 92.3 cm³/mol. The van der Waals surface area contributed by atoms with Crippen molar-refractivity contribution in [3.8, 4) is 6.07 Å². The number of anilines is 2. The van der Waals surface area contributed by atoms with Crippen LogP contribution in [0.25, 0.3) is 10.8 Å². The Bertz CT molecular complexity index is 1040. The van der Waals surface area contributed by atoms with Gasteiger partial charge in [0.05, 0.1) is 30.3 Å². The molecular formula is C19H12F2N4O. The molecule has 4 rings (SSSR count). The average molecular weight is 350 g/mol. The van der Waals surface area contributed by atoms with Crippen LogP contribution in [0.1, 0.15) is 0 Å². The zero-order valence-electron chi connectivity index (χ0n) is 13.4. The van der Waals surface area contributed by atoms with Crippen LogP contribution in [0.15, 0.2) is 54.9 Å². The third kappa shape index (κ3) is 2.52. The number of rotatable bonds is 2. The lowest BCUT2D eigenvalue weighted by atomic mass is 10.1. The molecule has 0 bridgehead atoms. The average Bonchev–Trinajstić information content (AvgIpc) is 2.96. The van der Waals surface area contributed by atoms with Gasteiger partial charge in [0.15, 0.2) is 6.04 Å². The third-order valence-electron chi connectivity index (χ3n) is 4.34. The van der Waals surface area contributed by atoms with Gasteiger partial charge in [-0.1, -0.05) is 24.3 Å². The predicted octanol–water partition coefficient (Wildman–Crippen LogP) is 3.22. The monoisotopic (exact) mass is 350 g/mol. The smallest absolute Gasteiger partial charge is 0.266 e. The summed E-state index contributed by atoms with van der Waals surface area (Å²) in [5, 5.41) is 11.2. The highest BCUT2D eigenvalue weighted by Gasteiger charge is 2.40. The number of aromatic nitrogens is 1. The van der Waals surface area contributed by atoms with Gasteiger partial charge >= 0.3 is 0 Å². The van der Waals surface area contributed by atoms with E-state index < -0.39 is 23.6 Å². The van der Waals surface area contributed by atoms with Crippen LogP contribution in [0, 0.1) is 23.0 Å². The molecule has 7 heteroatoms. The molecule has 128 valence electrons. The second-order valence-corrected chi connectivity index (χ2v) is 5.92. The van der Waals surface area contributed by atoms with Gasteiger partial charge in [0.1, 0.15) is 11.6 Å². The molecule has 5 nitrogen and oxygen atoms in total. The fraction of sp³-hybridized carbons (Fsp3) is 0.105. The van der Waals surface area contributed by atoms with E-state index in [2.05, 4.69) is 4.98 Å². The summed E-state index contributed by atoms with van der Waals surface area (Å²) in [4.78, 5) is 19.6. The minimum atomic E-state index is -1.10. The van der Waals surface area contributed by atoms with Gasteiger partial charge in [0.25, 0.3) is 5.91 Å². The molecule has 2 heterocycles. The number of halogens is 2. The van der Waals surface area contributed by atoms with E-state index in [0.29, 0.717) is 5.69 Å². The molecule has 0 saturated carbocycles. The molecule has 1 fully saturated rings. The van der Waals surface area contributed by atoms with Gasteiger partial charge in [-0.25, -0.2) is 8.78 Å². The summed E-state index contributed by atoms with van der Waals surface area (Å²) < 4.78 is 27.1. The molecule has 1 aromatic heterocycles. The van der Waals surface area contributed by atoms with E-state index in [1.54, 1.807) is 17.3 Å². The molecule has 3 aromatic rings. The highest BCUT2D eigenvalue weighted by Crippen LogP contribution is 2.32. The minimum Gasteiger partial charge on any atom is -0.328 e. The highest BCUT2D eigenvalue weighted by atomic mass is 19.1. The van der Waals surface area contributed by atoms with Gasteiger partial charge < -0.3 is 4.90 Å². The van der Waals surface area contributed by atoms with E-state index >= 15 is 0 Å². The summed E-state index contributed by atoms with van der Waals surface area (Å²) in [6, 6.07) is 11.2. The lowest BCUT2D eigenvalue weighted by molar-refractivity contribution is -0.117. The van der Waals surface area contributed by atoms with Crippen molar-refractivity contribution in [3.05, 3.63) is 66.5 Å². The van der Waals surface area contributed by atoms with Crippen LogP contribution >= 0.6 is 0 Å². The van der Waals surface area contributed by atoms with Gasteiger partial charge in [-0.05, 0) is 12.1 Å². The van der Waals surface area contributed by atoms with Gasteiger partial charge in [0.2, 0.25) is 0 Å². The Morgan fingerprint density at radius 1 is 1.12 bits per heavy atom. The minimum absolute atomic E-state index is 0.00432. The van der Waals surface area contributed by atoms with Crippen molar-refractivity contribution in [2.24, 2.45) is 0 Å². The molecule has 0 radical (unpaired) electrons. The second-order valence-electron chi connectivity index (χ2n) is 5.92. The molecule has 2 aromatic carbocycles. The molecule has 1 aliphatic heterocycles. The zero-order chi connectivity index (χ0) is 18.3. The van der Waals surface area contributed by atoms with Crippen LogP contribution < -0.4 is 9.80 Å². The Balaban J connectivity index is 1.80. The molecule has 1 aliphatic rings. The van der Waals surface area contributed by atoms with E-state index in [1.807, 2.05) is 30.3 Å². The Morgan fingerprint density at radius 2 is 1.85 bits per heavy atom. The lowest BCUT2D eigenvalue weighted by Gasteiger charge is -2.22. The van der Waals surface area contributed by atoms with Crippen LogP contribution in [0.4, 0.5) is 20.2 Å². The first-order valence-corrected chi connectivity index (χ1v) is 7.85. The molecule has 0 spiro atoms. The standard InChI is InChI=1S/C19H12F2N4O/c20-13-5-14(21)7-15(6-13)24-11-25(17(8-22)19(24)26)18-10-23-9-12-3-1-2-4-16(12)18/h1-7,9-10,17H,11H2. The van der Waals surface area contributed by atoms with Crippen molar-refractivity contribution in [3.63, 3.8) is 0 Å². The maximum absolute atomic E-state index is 13.5. The lowest BCUT2D eigenvalue weighted by Crippen LogP contribution is -2.32. The van der Waals surface area contributed by atoms with Crippen molar-refractivity contribution in [2.45, 2.75) is 6.04 Å². The Labute approximate surface area is 147 Å².